The first-order valence-corrected chi connectivity index (χ1v) is 6.13. The minimum absolute atomic E-state index is 0. The van der Waals surface area contributed by atoms with Crippen LogP contribution in [0.1, 0.15) is 24.5 Å². The van der Waals surface area contributed by atoms with Crippen LogP contribution in [0.5, 0.6) is 0 Å². The Bertz CT molecular complexity index is 455. The maximum absolute atomic E-state index is 6.55. The Morgan fingerprint density at radius 3 is 1.89 bits per heavy atom. The molecule has 0 bridgehead atoms. The number of halogens is 1. The van der Waals surface area contributed by atoms with E-state index in [1.165, 1.54) is 11.1 Å². The van der Waals surface area contributed by atoms with Gasteiger partial charge >= 0.3 is 0 Å². The summed E-state index contributed by atoms with van der Waals surface area (Å²) in [6.07, 6.45) is 1.82. The Morgan fingerprint density at radius 2 is 1.39 bits per heavy atom. The van der Waals surface area contributed by atoms with Crippen molar-refractivity contribution in [3.63, 3.8) is 0 Å². The molecule has 2 aromatic rings. The molecule has 1 unspecified atom stereocenters. The van der Waals surface area contributed by atoms with Gasteiger partial charge in [-0.3, -0.25) is 0 Å². The fourth-order valence-electron chi connectivity index (χ4n) is 2.16. The van der Waals surface area contributed by atoms with Crippen molar-refractivity contribution in [2.75, 3.05) is 0 Å². The van der Waals surface area contributed by atoms with Gasteiger partial charge in [0.1, 0.15) is 0 Å². The molecule has 0 saturated heterocycles. The van der Waals surface area contributed by atoms with Crippen LogP contribution in [-0.2, 0) is 12.0 Å². The Morgan fingerprint density at radius 1 is 0.889 bits per heavy atom. The molecule has 0 spiro atoms. The van der Waals surface area contributed by atoms with E-state index < -0.39 is 0 Å². The zero-order valence-corrected chi connectivity index (χ0v) is 11.5. The quantitative estimate of drug-likeness (QED) is 0.887. The van der Waals surface area contributed by atoms with Gasteiger partial charge in [0.05, 0.1) is 0 Å². The van der Waals surface area contributed by atoms with E-state index in [1.807, 2.05) is 12.1 Å². The molecule has 2 rings (SSSR count). The number of nitrogens with two attached hydrogens (primary N) is 1. The molecule has 0 fully saturated rings. The summed E-state index contributed by atoms with van der Waals surface area (Å²) in [5.41, 5.74) is 8.80. The van der Waals surface area contributed by atoms with E-state index >= 15 is 0 Å². The highest BCUT2D eigenvalue weighted by atomic mass is 35.5. The molecule has 0 heterocycles. The van der Waals surface area contributed by atoms with Crippen LogP contribution in [-0.4, -0.2) is 0 Å². The molecule has 0 aliphatic rings. The Kier molecular flexibility index (Phi) is 5.39. The second-order valence-electron chi connectivity index (χ2n) is 4.54. The summed E-state index contributed by atoms with van der Waals surface area (Å²) in [4.78, 5) is 0. The van der Waals surface area contributed by atoms with Gasteiger partial charge in [0.15, 0.2) is 0 Å². The van der Waals surface area contributed by atoms with Gasteiger partial charge in [-0.2, -0.15) is 0 Å². The van der Waals surface area contributed by atoms with Crippen molar-refractivity contribution in [1.29, 1.82) is 0 Å². The number of benzene rings is 2. The summed E-state index contributed by atoms with van der Waals surface area (Å²) in [5.74, 6) is 0. The van der Waals surface area contributed by atoms with Crippen LogP contribution in [0.25, 0.3) is 0 Å². The zero-order chi connectivity index (χ0) is 12.1. The van der Waals surface area contributed by atoms with Crippen LogP contribution >= 0.6 is 12.4 Å². The standard InChI is InChI=1S/C16H19N.ClH/c1-2-16(17,15-11-7-4-8-12-15)13-14-9-5-3-6-10-14;/h3-12H,2,13,17H2,1H3;1H. The molecule has 0 aliphatic carbocycles. The molecule has 96 valence electrons. The van der Waals surface area contributed by atoms with Gasteiger partial charge < -0.3 is 5.73 Å². The molecule has 0 aromatic heterocycles. The molecular formula is C16H20ClN. The summed E-state index contributed by atoms with van der Waals surface area (Å²) in [6, 6.07) is 20.8. The van der Waals surface area contributed by atoms with E-state index in [0.29, 0.717) is 0 Å². The van der Waals surface area contributed by atoms with Crippen LogP contribution in [0.3, 0.4) is 0 Å². The average molecular weight is 262 g/mol. The van der Waals surface area contributed by atoms with E-state index in [0.717, 1.165) is 12.8 Å². The number of hydrogen-bond acceptors (Lipinski definition) is 1. The van der Waals surface area contributed by atoms with Crippen LogP contribution < -0.4 is 5.73 Å². The summed E-state index contributed by atoms with van der Waals surface area (Å²) in [7, 11) is 0. The molecule has 2 aromatic carbocycles. The monoisotopic (exact) mass is 261 g/mol. The maximum atomic E-state index is 6.55. The van der Waals surface area contributed by atoms with Crippen molar-refractivity contribution in [2.45, 2.75) is 25.3 Å². The Hall–Kier alpha value is -1.31. The van der Waals surface area contributed by atoms with Crippen LogP contribution in [0.2, 0.25) is 0 Å². The molecule has 2 N–H and O–H groups in total. The molecule has 18 heavy (non-hydrogen) atoms. The van der Waals surface area contributed by atoms with Crippen LogP contribution in [0, 0.1) is 0 Å². The maximum Gasteiger partial charge on any atom is 0.0447 e. The third kappa shape index (κ3) is 3.34. The molecule has 1 atom stereocenters. The number of hydrogen-bond donors (Lipinski definition) is 1. The summed E-state index contributed by atoms with van der Waals surface area (Å²) < 4.78 is 0. The predicted molar refractivity (Wildman–Crippen MR) is 80.0 cm³/mol. The van der Waals surface area contributed by atoms with Crippen molar-refractivity contribution < 1.29 is 0 Å². The second-order valence-corrected chi connectivity index (χ2v) is 4.54. The van der Waals surface area contributed by atoms with Crippen molar-refractivity contribution in [1.82, 2.24) is 0 Å². The third-order valence-corrected chi connectivity index (χ3v) is 3.34. The first kappa shape index (κ1) is 14.7. The Balaban J connectivity index is 0.00000162. The zero-order valence-electron chi connectivity index (χ0n) is 10.7. The number of rotatable bonds is 4. The van der Waals surface area contributed by atoms with Gasteiger partial charge in [0.2, 0.25) is 0 Å². The van der Waals surface area contributed by atoms with Gasteiger partial charge in [0.25, 0.3) is 0 Å². The molecule has 1 nitrogen and oxygen atoms in total. The van der Waals surface area contributed by atoms with E-state index in [4.69, 9.17) is 5.73 Å². The topological polar surface area (TPSA) is 26.0 Å². The lowest BCUT2D eigenvalue weighted by Crippen LogP contribution is -2.38. The normalized spacial score (nSPS) is 13.4. The third-order valence-electron chi connectivity index (χ3n) is 3.34. The van der Waals surface area contributed by atoms with E-state index in [1.54, 1.807) is 0 Å². The van der Waals surface area contributed by atoms with Crippen molar-refractivity contribution in [2.24, 2.45) is 5.73 Å². The van der Waals surface area contributed by atoms with Gasteiger partial charge in [-0.05, 0) is 24.0 Å². The molecule has 2 heteroatoms. The van der Waals surface area contributed by atoms with Gasteiger partial charge in [0, 0.05) is 5.54 Å². The first-order chi connectivity index (χ1) is 8.24. The molecular weight excluding hydrogens is 242 g/mol. The van der Waals surface area contributed by atoms with Gasteiger partial charge in [-0.1, -0.05) is 67.6 Å². The highest BCUT2D eigenvalue weighted by Gasteiger charge is 2.25. The van der Waals surface area contributed by atoms with Crippen LogP contribution in [0.4, 0.5) is 0 Å². The highest BCUT2D eigenvalue weighted by Crippen LogP contribution is 2.26. The minimum Gasteiger partial charge on any atom is -0.321 e. The van der Waals surface area contributed by atoms with E-state index in [-0.39, 0.29) is 17.9 Å². The largest absolute Gasteiger partial charge is 0.321 e. The fourth-order valence-corrected chi connectivity index (χ4v) is 2.16. The fraction of sp³-hybridized carbons (Fsp3) is 0.250. The lowest BCUT2D eigenvalue weighted by molar-refractivity contribution is 0.425. The van der Waals surface area contributed by atoms with E-state index in [9.17, 15) is 0 Å². The molecule has 0 radical (unpaired) electrons. The second kappa shape index (κ2) is 6.58. The van der Waals surface area contributed by atoms with E-state index in [2.05, 4.69) is 55.5 Å². The van der Waals surface area contributed by atoms with Crippen LogP contribution in [0.15, 0.2) is 60.7 Å². The van der Waals surface area contributed by atoms with Crippen molar-refractivity contribution in [3.8, 4) is 0 Å². The molecule has 0 aliphatic heterocycles. The Labute approximate surface area is 115 Å². The average Bonchev–Trinajstić information content (AvgIpc) is 2.41. The van der Waals surface area contributed by atoms with Crippen molar-refractivity contribution >= 4 is 12.4 Å². The van der Waals surface area contributed by atoms with Crippen molar-refractivity contribution in [3.05, 3.63) is 71.8 Å². The lowest BCUT2D eigenvalue weighted by atomic mass is 9.83. The van der Waals surface area contributed by atoms with Gasteiger partial charge in [-0.15, -0.1) is 12.4 Å². The predicted octanol–water partition coefficient (Wildman–Crippen LogP) is 3.92. The first-order valence-electron chi connectivity index (χ1n) is 6.13. The highest BCUT2D eigenvalue weighted by molar-refractivity contribution is 5.85. The summed E-state index contributed by atoms with van der Waals surface area (Å²) in [5, 5.41) is 0. The smallest absolute Gasteiger partial charge is 0.0447 e. The summed E-state index contributed by atoms with van der Waals surface area (Å²) in [6.45, 7) is 2.15. The summed E-state index contributed by atoms with van der Waals surface area (Å²) >= 11 is 0. The molecule has 0 amide bonds. The lowest BCUT2D eigenvalue weighted by Gasteiger charge is -2.29. The van der Waals surface area contributed by atoms with Gasteiger partial charge in [-0.25, -0.2) is 0 Å². The molecule has 0 saturated carbocycles. The SMILES string of the molecule is CCC(N)(Cc1ccccc1)c1ccccc1.Cl. The minimum atomic E-state index is -0.261.